The molecule has 2 bridgehead atoms. The molecule has 3 rings (SSSR count). The minimum absolute atomic E-state index is 0.446. The van der Waals surface area contributed by atoms with Gasteiger partial charge in [-0.1, -0.05) is 19.8 Å². The van der Waals surface area contributed by atoms with Gasteiger partial charge >= 0.3 is 0 Å². The first-order valence-corrected chi connectivity index (χ1v) is 8.64. The maximum Gasteiger partial charge on any atom is 0.0309 e. The van der Waals surface area contributed by atoms with E-state index in [4.69, 9.17) is 0 Å². The lowest BCUT2D eigenvalue weighted by Crippen LogP contribution is -2.49. The highest BCUT2D eigenvalue weighted by Gasteiger charge is 2.40. The summed E-state index contributed by atoms with van der Waals surface area (Å²) in [4.78, 5) is 2.65. The first-order chi connectivity index (χ1) is 9.21. The molecule has 4 atom stereocenters. The van der Waals surface area contributed by atoms with Gasteiger partial charge in [-0.25, -0.2) is 0 Å². The fourth-order valence-electron chi connectivity index (χ4n) is 5.36. The lowest BCUT2D eigenvalue weighted by molar-refractivity contribution is 0.167. The third kappa shape index (κ3) is 3.00. The maximum atomic E-state index is 3.82. The Kier molecular flexibility index (Phi) is 4.19. The van der Waals surface area contributed by atoms with Gasteiger partial charge in [-0.05, 0) is 69.9 Å². The normalized spacial score (nSPS) is 41.5. The van der Waals surface area contributed by atoms with Crippen LogP contribution in [0.5, 0.6) is 0 Å². The van der Waals surface area contributed by atoms with Crippen molar-refractivity contribution < 1.29 is 0 Å². The Morgan fingerprint density at radius 1 is 1.26 bits per heavy atom. The SMILES string of the molecule is CCCC1(CN(C)CC2CC3CCC2C3)CCCN1. The molecule has 3 fully saturated rings. The first kappa shape index (κ1) is 13.9. The van der Waals surface area contributed by atoms with Crippen molar-refractivity contribution in [1.29, 1.82) is 0 Å². The van der Waals surface area contributed by atoms with Gasteiger partial charge < -0.3 is 10.2 Å². The van der Waals surface area contributed by atoms with Crippen molar-refractivity contribution in [3.8, 4) is 0 Å². The molecule has 0 radical (unpaired) electrons. The molecular weight excluding hydrogens is 232 g/mol. The predicted molar refractivity (Wildman–Crippen MR) is 81.3 cm³/mol. The standard InChI is InChI=1S/C17H32N2/c1-3-7-17(8-4-9-18-17)13-19(2)12-16-11-14-5-6-15(16)10-14/h14-16,18H,3-13H2,1-2H3. The van der Waals surface area contributed by atoms with E-state index in [-0.39, 0.29) is 0 Å². The number of nitrogens with zero attached hydrogens (tertiary/aromatic N) is 1. The Hall–Kier alpha value is -0.0800. The van der Waals surface area contributed by atoms with E-state index in [0.29, 0.717) is 5.54 Å². The molecule has 2 saturated carbocycles. The van der Waals surface area contributed by atoms with Gasteiger partial charge in [0, 0.05) is 18.6 Å². The smallest absolute Gasteiger partial charge is 0.0309 e. The van der Waals surface area contributed by atoms with Gasteiger partial charge in [0.05, 0.1) is 0 Å². The third-order valence-corrected chi connectivity index (χ3v) is 6.06. The van der Waals surface area contributed by atoms with E-state index in [2.05, 4.69) is 24.2 Å². The highest BCUT2D eigenvalue weighted by atomic mass is 15.2. The highest BCUT2D eigenvalue weighted by molar-refractivity contribution is 4.96. The molecule has 0 amide bonds. The summed E-state index contributed by atoms with van der Waals surface area (Å²) >= 11 is 0. The minimum atomic E-state index is 0.446. The van der Waals surface area contributed by atoms with Gasteiger partial charge in [0.1, 0.15) is 0 Å². The number of fused-ring (bicyclic) bond motifs is 2. The van der Waals surface area contributed by atoms with Crippen LogP contribution >= 0.6 is 0 Å². The molecule has 0 aromatic rings. The van der Waals surface area contributed by atoms with Gasteiger partial charge in [-0.15, -0.1) is 0 Å². The van der Waals surface area contributed by atoms with Crippen molar-refractivity contribution in [3.05, 3.63) is 0 Å². The Bertz CT molecular complexity index is 296. The Morgan fingerprint density at radius 2 is 2.16 bits per heavy atom. The van der Waals surface area contributed by atoms with Gasteiger partial charge in [0.2, 0.25) is 0 Å². The molecule has 0 spiro atoms. The minimum Gasteiger partial charge on any atom is -0.310 e. The van der Waals surface area contributed by atoms with E-state index in [1.807, 2.05) is 0 Å². The zero-order valence-corrected chi connectivity index (χ0v) is 13.0. The van der Waals surface area contributed by atoms with Gasteiger partial charge in [0.25, 0.3) is 0 Å². The van der Waals surface area contributed by atoms with Gasteiger partial charge in [-0.3, -0.25) is 0 Å². The van der Waals surface area contributed by atoms with Crippen LogP contribution in [0.2, 0.25) is 0 Å². The first-order valence-electron chi connectivity index (χ1n) is 8.64. The van der Waals surface area contributed by atoms with E-state index in [0.717, 1.165) is 17.8 Å². The van der Waals surface area contributed by atoms with Crippen molar-refractivity contribution >= 4 is 0 Å². The van der Waals surface area contributed by atoms with Crippen LogP contribution < -0.4 is 5.32 Å². The van der Waals surface area contributed by atoms with Crippen LogP contribution in [0.25, 0.3) is 0 Å². The van der Waals surface area contributed by atoms with E-state index < -0.39 is 0 Å². The molecule has 19 heavy (non-hydrogen) atoms. The summed E-state index contributed by atoms with van der Waals surface area (Å²) < 4.78 is 0. The van der Waals surface area contributed by atoms with Crippen LogP contribution in [0.15, 0.2) is 0 Å². The van der Waals surface area contributed by atoms with Gasteiger partial charge in [0.15, 0.2) is 0 Å². The second kappa shape index (κ2) is 5.73. The van der Waals surface area contributed by atoms with Crippen molar-refractivity contribution in [2.24, 2.45) is 17.8 Å². The van der Waals surface area contributed by atoms with Crippen LogP contribution in [0.1, 0.15) is 58.3 Å². The van der Waals surface area contributed by atoms with Crippen molar-refractivity contribution in [1.82, 2.24) is 10.2 Å². The highest BCUT2D eigenvalue weighted by Crippen LogP contribution is 2.48. The van der Waals surface area contributed by atoms with Crippen LogP contribution in [0.3, 0.4) is 0 Å². The quantitative estimate of drug-likeness (QED) is 0.792. The monoisotopic (exact) mass is 264 g/mol. The molecule has 2 aliphatic carbocycles. The fraction of sp³-hybridized carbons (Fsp3) is 1.00. The summed E-state index contributed by atoms with van der Waals surface area (Å²) in [5.74, 6) is 3.19. The molecule has 1 saturated heterocycles. The topological polar surface area (TPSA) is 15.3 Å². The Labute approximate surface area is 119 Å². The summed E-state index contributed by atoms with van der Waals surface area (Å²) in [6, 6.07) is 0. The van der Waals surface area contributed by atoms with Crippen molar-refractivity contribution in [2.45, 2.75) is 63.8 Å². The molecule has 3 aliphatic rings. The lowest BCUT2D eigenvalue weighted by Gasteiger charge is -2.36. The van der Waals surface area contributed by atoms with E-state index in [1.54, 1.807) is 6.42 Å². The molecule has 1 heterocycles. The summed E-state index contributed by atoms with van der Waals surface area (Å²) in [6.45, 7) is 6.20. The third-order valence-electron chi connectivity index (χ3n) is 6.06. The molecule has 2 nitrogen and oxygen atoms in total. The van der Waals surface area contributed by atoms with Crippen molar-refractivity contribution in [3.63, 3.8) is 0 Å². The number of likely N-dealkylation sites (N-methyl/N-ethyl adjacent to an activating group) is 1. The van der Waals surface area contributed by atoms with Crippen LogP contribution in [0.4, 0.5) is 0 Å². The number of nitrogens with one attached hydrogen (secondary N) is 1. The van der Waals surface area contributed by atoms with Gasteiger partial charge in [-0.2, -0.15) is 0 Å². The fourth-order valence-corrected chi connectivity index (χ4v) is 5.36. The second-order valence-electron chi connectivity index (χ2n) is 7.69. The van der Waals surface area contributed by atoms with E-state index in [1.165, 1.54) is 64.6 Å². The van der Waals surface area contributed by atoms with Crippen LogP contribution in [-0.4, -0.2) is 37.1 Å². The maximum absolute atomic E-state index is 3.82. The molecule has 4 unspecified atom stereocenters. The Balaban J connectivity index is 1.51. The summed E-state index contributed by atoms with van der Waals surface area (Å²) in [6.07, 6.45) is 11.6. The van der Waals surface area contributed by atoms with Crippen molar-refractivity contribution in [2.75, 3.05) is 26.7 Å². The van der Waals surface area contributed by atoms with E-state index >= 15 is 0 Å². The summed E-state index contributed by atoms with van der Waals surface area (Å²) in [5.41, 5.74) is 0.446. The molecular formula is C17H32N2. The number of hydrogen-bond acceptors (Lipinski definition) is 2. The average Bonchev–Trinajstić information content (AvgIpc) is 3.06. The molecule has 1 N–H and O–H groups in total. The zero-order valence-electron chi connectivity index (χ0n) is 13.0. The predicted octanol–water partition coefficient (Wildman–Crippen LogP) is 3.28. The van der Waals surface area contributed by atoms with Crippen LogP contribution in [0, 0.1) is 17.8 Å². The second-order valence-corrected chi connectivity index (χ2v) is 7.69. The molecule has 0 aromatic heterocycles. The molecule has 0 aromatic carbocycles. The largest absolute Gasteiger partial charge is 0.310 e. The lowest BCUT2D eigenvalue weighted by atomic mass is 9.87. The number of hydrogen-bond donors (Lipinski definition) is 1. The summed E-state index contributed by atoms with van der Waals surface area (Å²) in [7, 11) is 2.36. The number of rotatable bonds is 6. The molecule has 1 aliphatic heterocycles. The molecule has 110 valence electrons. The zero-order chi connectivity index (χ0) is 13.3. The van der Waals surface area contributed by atoms with Crippen LogP contribution in [-0.2, 0) is 0 Å². The molecule has 2 heteroatoms. The van der Waals surface area contributed by atoms with E-state index in [9.17, 15) is 0 Å². The Morgan fingerprint density at radius 3 is 2.74 bits per heavy atom. The average molecular weight is 264 g/mol. The summed E-state index contributed by atoms with van der Waals surface area (Å²) in [5, 5.41) is 3.82.